The van der Waals surface area contributed by atoms with Crippen molar-refractivity contribution in [2.45, 2.75) is 80.5 Å². The van der Waals surface area contributed by atoms with Crippen LogP contribution in [0.25, 0.3) is 0 Å². The number of nitrogens with one attached hydrogen (secondary N) is 5. The third kappa shape index (κ3) is 12.2. The van der Waals surface area contributed by atoms with Gasteiger partial charge in [0.25, 0.3) is 0 Å². The van der Waals surface area contributed by atoms with Gasteiger partial charge in [-0.05, 0) is 59.2 Å². The summed E-state index contributed by atoms with van der Waals surface area (Å²) in [5, 5.41) is 25.0. The first kappa shape index (κ1) is 40.5. The van der Waals surface area contributed by atoms with Crippen LogP contribution in [-0.2, 0) is 54.2 Å². The summed E-state index contributed by atoms with van der Waals surface area (Å²) in [5.41, 5.74) is 0.859. The average Bonchev–Trinajstić information content (AvgIpc) is 3.66. The molecule has 5 amide bonds. The molecule has 0 aromatic heterocycles. The van der Waals surface area contributed by atoms with Gasteiger partial charge in [0, 0.05) is 43.0 Å². The summed E-state index contributed by atoms with van der Waals surface area (Å²) in [6, 6.07) is 13.5. The Bertz CT molecular complexity index is 1880. The molecule has 16 heteroatoms. The van der Waals surface area contributed by atoms with Crippen LogP contribution in [0.15, 0.2) is 90.3 Å². The van der Waals surface area contributed by atoms with Gasteiger partial charge in [0.1, 0.15) is 24.2 Å². The Hall–Kier alpha value is -5.64. The number of thioether (sulfide) groups is 1. The first-order chi connectivity index (χ1) is 26.2. The van der Waals surface area contributed by atoms with Crippen molar-refractivity contribution in [2.24, 2.45) is 0 Å². The van der Waals surface area contributed by atoms with Crippen LogP contribution in [0.5, 0.6) is 0 Å². The Kier molecular flexibility index (Phi) is 13.7. The summed E-state index contributed by atoms with van der Waals surface area (Å²) in [6.07, 6.45) is -2.97. The average molecular weight is 780 g/mol. The zero-order valence-corrected chi connectivity index (χ0v) is 30.3. The minimum absolute atomic E-state index is 0.0787. The summed E-state index contributed by atoms with van der Waals surface area (Å²) in [6.45, 7) is 0. The molecule has 3 aromatic rings. The van der Waals surface area contributed by atoms with E-state index in [4.69, 9.17) is 0 Å². The number of carboxylic acid groups (broad SMARTS) is 1. The molecular weight excluding hydrogens is 740 g/mol. The molecule has 6 N–H and O–H groups in total. The van der Waals surface area contributed by atoms with Gasteiger partial charge in [-0.1, -0.05) is 60.7 Å². The van der Waals surface area contributed by atoms with Crippen molar-refractivity contribution in [3.05, 3.63) is 113 Å². The van der Waals surface area contributed by atoms with Gasteiger partial charge in [0.2, 0.25) is 29.5 Å². The van der Waals surface area contributed by atoms with Crippen LogP contribution in [-0.4, -0.2) is 70.0 Å². The van der Waals surface area contributed by atoms with E-state index in [0.29, 0.717) is 23.2 Å². The maximum atomic E-state index is 14.1. The number of benzene rings is 3. The van der Waals surface area contributed by atoms with Crippen LogP contribution in [0.3, 0.4) is 0 Å². The van der Waals surface area contributed by atoms with Crippen molar-refractivity contribution in [2.75, 3.05) is 5.32 Å². The van der Waals surface area contributed by atoms with Crippen molar-refractivity contribution in [1.29, 1.82) is 0 Å². The third-order valence-electron chi connectivity index (χ3n) is 9.06. The Labute approximate surface area is 319 Å². The molecule has 290 valence electrons. The van der Waals surface area contributed by atoms with Gasteiger partial charge in [-0.15, -0.1) is 11.8 Å². The molecule has 2 bridgehead atoms. The van der Waals surface area contributed by atoms with Gasteiger partial charge in [-0.3, -0.25) is 24.0 Å². The Morgan fingerprint density at radius 2 is 1.29 bits per heavy atom. The maximum absolute atomic E-state index is 14.1. The van der Waals surface area contributed by atoms with E-state index in [0.717, 1.165) is 12.1 Å². The van der Waals surface area contributed by atoms with E-state index in [-0.39, 0.29) is 49.3 Å². The normalized spacial score (nSPS) is 23.1. The summed E-state index contributed by atoms with van der Waals surface area (Å²) in [7, 11) is 0. The standard InChI is InChI=1S/C39H40F3N5O7S/c40-39(41,42)26-12-8-24(9-13-26)20-30-35(50)45-29(19-23-5-2-1-3-6-23)36(51)47-32(38(53)54)21-25-10-14-27(15-11-25)43-33(48)16-17-34(49)44-31(37(52)46-30)22-28-7-4-18-55-28/h1-6,8-15,18,28-32H,7,16-17,19-22H2,(H,43,48)(H,44,49)(H,45,50)(H,46,52)(H,47,51)(H,53,54)/t28?,29-,30+,31-,32+/m1/s1. The van der Waals surface area contributed by atoms with Gasteiger partial charge in [0.05, 0.1) is 5.56 Å². The lowest BCUT2D eigenvalue weighted by Gasteiger charge is -2.27. The lowest BCUT2D eigenvalue weighted by Crippen LogP contribution is -2.59. The number of halogens is 3. The highest BCUT2D eigenvalue weighted by Crippen LogP contribution is 2.30. The minimum Gasteiger partial charge on any atom is -0.480 e. The molecule has 12 nitrogen and oxygen atoms in total. The van der Waals surface area contributed by atoms with Crippen LogP contribution in [0.2, 0.25) is 0 Å². The number of hydrogen-bond donors (Lipinski definition) is 6. The van der Waals surface area contributed by atoms with E-state index in [9.17, 15) is 47.0 Å². The molecule has 0 aliphatic carbocycles. The Balaban J connectivity index is 1.50. The van der Waals surface area contributed by atoms with E-state index in [2.05, 4.69) is 26.6 Å². The maximum Gasteiger partial charge on any atom is 0.416 e. The van der Waals surface area contributed by atoms with E-state index >= 15 is 0 Å². The molecule has 55 heavy (non-hydrogen) atoms. The zero-order valence-electron chi connectivity index (χ0n) is 29.4. The molecule has 6 rings (SSSR count). The smallest absolute Gasteiger partial charge is 0.416 e. The molecule has 0 fully saturated rings. The van der Waals surface area contributed by atoms with Crippen molar-refractivity contribution in [3.8, 4) is 0 Å². The predicted molar refractivity (Wildman–Crippen MR) is 198 cm³/mol. The number of aliphatic carboxylic acids is 1. The van der Waals surface area contributed by atoms with Crippen LogP contribution in [0.4, 0.5) is 18.9 Å². The Morgan fingerprint density at radius 3 is 1.87 bits per heavy atom. The molecular formula is C39H40F3N5O7S. The van der Waals surface area contributed by atoms with Gasteiger partial charge in [0.15, 0.2) is 0 Å². The fourth-order valence-electron chi connectivity index (χ4n) is 6.10. The van der Waals surface area contributed by atoms with Crippen LogP contribution >= 0.6 is 11.8 Å². The third-order valence-corrected chi connectivity index (χ3v) is 10.2. The molecule has 5 atom stereocenters. The predicted octanol–water partition coefficient (Wildman–Crippen LogP) is 3.90. The van der Waals surface area contributed by atoms with Gasteiger partial charge >= 0.3 is 12.1 Å². The summed E-state index contributed by atoms with van der Waals surface area (Å²) >= 11 is 1.46. The van der Waals surface area contributed by atoms with E-state index in [1.54, 1.807) is 54.6 Å². The second kappa shape index (κ2) is 18.6. The van der Waals surface area contributed by atoms with Gasteiger partial charge in [-0.2, -0.15) is 13.2 Å². The first-order valence-corrected chi connectivity index (χ1v) is 18.5. The molecule has 0 spiro atoms. The molecule has 0 saturated heterocycles. The quantitative estimate of drug-likeness (QED) is 0.195. The fourth-order valence-corrected chi connectivity index (χ4v) is 7.07. The monoisotopic (exact) mass is 779 g/mol. The SMILES string of the molecule is O=C1CCC(=O)N[C@H](CC2CC=CS2)C(=O)N[C@@H](Cc2ccc(C(F)(F)F)cc2)C(=O)N[C@H](Cc2ccccc2)C(=O)N[C@H](C(=O)O)Cc2ccc(cc2)N1. The van der Waals surface area contributed by atoms with E-state index in [1.807, 2.05) is 11.5 Å². The number of amides is 5. The molecule has 3 aromatic carbocycles. The van der Waals surface area contributed by atoms with E-state index in [1.165, 1.54) is 23.9 Å². The molecule has 0 radical (unpaired) electrons. The number of hydrogen-bond acceptors (Lipinski definition) is 7. The molecule has 3 aliphatic heterocycles. The van der Waals surface area contributed by atoms with Crippen LogP contribution in [0, 0.1) is 0 Å². The number of carboxylic acids is 1. The second-order valence-electron chi connectivity index (χ2n) is 13.3. The highest BCUT2D eigenvalue weighted by atomic mass is 32.2. The number of fused-ring (bicyclic) bond motifs is 18. The van der Waals surface area contributed by atoms with Gasteiger partial charge in [-0.25, -0.2) is 4.79 Å². The highest BCUT2D eigenvalue weighted by molar-refractivity contribution is 8.03. The largest absolute Gasteiger partial charge is 0.480 e. The first-order valence-electron chi connectivity index (χ1n) is 17.6. The number of allylic oxidation sites excluding steroid dienone is 1. The summed E-state index contributed by atoms with van der Waals surface area (Å²) in [4.78, 5) is 80.2. The second-order valence-corrected chi connectivity index (χ2v) is 14.5. The van der Waals surface area contributed by atoms with Gasteiger partial charge < -0.3 is 31.7 Å². The van der Waals surface area contributed by atoms with Crippen LogP contribution in [0.1, 0.15) is 47.9 Å². The molecule has 3 heterocycles. The molecule has 3 aliphatic rings. The number of rotatable bonds is 7. The number of anilines is 1. The topological polar surface area (TPSA) is 183 Å². The fraction of sp³-hybridized carbons (Fsp3) is 0.333. The molecule has 1 unspecified atom stereocenters. The minimum atomic E-state index is -4.62. The van der Waals surface area contributed by atoms with Crippen LogP contribution < -0.4 is 26.6 Å². The number of carbonyl (C=O) groups is 6. The molecule has 0 saturated carbocycles. The number of alkyl halides is 3. The zero-order chi connectivity index (χ0) is 39.5. The Morgan fingerprint density at radius 1 is 0.709 bits per heavy atom. The lowest BCUT2D eigenvalue weighted by molar-refractivity contribution is -0.142. The van der Waals surface area contributed by atoms with Crippen molar-refractivity contribution < 1.29 is 47.0 Å². The van der Waals surface area contributed by atoms with Crippen molar-refractivity contribution >= 4 is 53.0 Å². The van der Waals surface area contributed by atoms with E-state index < -0.39 is 71.4 Å². The summed E-state index contributed by atoms with van der Waals surface area (Å²) in [5.74, 6) is -4.92. The number of carbonyl (C=O) groups excluding carboxylic acids is 5. The van der Waals surface area contributed by atoms with Crippen molar-refractivity contribution in [1.82, 2.24) is 21.3 Å². The van der Waals surface area contributed by atoms with Crippen molar-refractivity contribution in [3.63, 3.8) is 0 Å². The lowest BCUT2D eigenvalue weighted by atomic mass is 10.00. The summed E-state index contributed by atoms with van der Waals surface area (Å²) < 4.78 is 40.0. The highest BCUT2D eigenvalue weighted by Gasteiger charge is 2.34.